The van der Waals surface area contributed by atoms with Crippen molar-refractivity contribution in [2.75, 3.05) is 19.6 Å². The molecule has 2 aliphatic rings. The van der Waals surface area contributed by atoms with Gasteiger partial charge in [0.15, 0.2) is 0 Å². The summed E-state index contributed by atoms with van der Waals surface area (Å²) < 4.78 is 0. The standard InChI is InChI=1S/C18H28N2/c19-12-9-15-10-13-20(14-11-15)18-8-4-2-6-16-5-1-3-7-17(16)18/h1,3,5,7,15,18H,2,4,6,8-14,19H2. The number of rotatable bonds is 3. The van der Waals surface area contributed by atoms with Gasteiger partial charge in [0.25, 0.3) is 0 Å². The molecule has 1 saturated heterocycles. The summed E-state index contributed by atoms with van der Waals surface area (Å²) in [5.74, 6) is 0.872. The quantitative estimate of drug-likeness (QED) is 0.853. The highest BCUT2D eigenvalue weighted by Crippen LogP contribution is 2.35. The average Bonchev–Trinajstić information content (AvgIpc) is 2.71. The van der Waals surface area contributed by atoms with Crippen molar-refractivity contribution >= 4 is 0 Å². The molecule has 20 heavy (non-hydrogen) atoms. The van der Waals surface area contributed by atoms with Crippen LogP contribution in [-0.4, -0.2) is 24.5 Å². The molecule has 3 rings (SSSR count). The topological polar surface area (TPSA) is 29.3 Å². The lowest BCUT2D eigenvalue weighted by atomic mass is 9.90. The van der Waals surface area contributed by atoms with Crippen LogP contribution in [0.2, 0.25) is 0 Å². The molecule has 0 radical (unpaired) electrons. The Bertz CT molecular complexity index is 421. The fourth-order valence-corrected chi connectivity index (χ4v) is 4.06. The fourth-order valence-electron chi connectivity index (χ4n) is 4.06. The number of nitrogens with zero attached hydrogens (tertiary/aromatic N) is 1. The summed E-state index contributed by atoms with van der Waals surface area (Å²) in [6.07, 6.45) is 9.26. The van der Waals surface area contributed by atoms with E-state index >= 15 is 0 Å². The molecule has 0 amide bonds. The van der Waals surface area contributed by atoms with Gasteiger partial charge in [-0.2, -0.15) is 0 Å². The fraction of sp³-hybridized carbons (Fsp3) is 0.667. The van der Waals surface area contributed by atoms with Gasteiger partial charge in [-0.1, -0.05) is 30.7 Å². The maximum Gasteiger partial charge on any atom is 0.0350 e. The van der Waals surface area contributed by atoms with Crippen molar-refractivity contribution < 1.29 is 0 Å². The predicted octanol–water partition coefficient (Wildman–Crippen LogP) is 3.51. The van der Waals surface area contributed by atoms with Crippen molar-refractivity contribution in [2.24, 2.45) is 11.7 Å². The van der Waals surface area contributed by atoms with Gasteiger partial charge in [-0.3, -0.25) is 4.90 Å². The number of benzene rings is 1. The van der Waals surface area contributed by atoms with Gasteiger partial charge in [0, 0.05) is 6.04 Å². The largest absolute Gasteiger partial charge is 0.330 e. The van der Waals surface area contributed by atoms with Crippen molar-refractivity contribution in [2.45, 2.75) is 51.0 Å². The van der Waals surface area contributed by atoms with Crippen LogP contribution in [0.3, 0.4) is 0 Å². The van der Waals surface area contributed by atoms with Gasteiger partial charge in [0.05, 0.1) is 0 Å². The second-order valence-corrected chi connectivity index (χ2v) is 6.52. The zero-order chi connectivity index (χ0) is 13.8. The number of likely N-dealkylation sites (tertiary alicyclic amines) is 1. The predicted molar refractivity (Wildman–Crippen MR) is 84.7 cm³/mol. The molecule has 0 spiro atoms. The number of nitrogens with two attached hydrogens (primary N) is 1. The summed E-state index contributed by atoms with van der Waals surface area (Å²) >= 11 is 0. The molecule has 2 N–H and O–H groups in total. The van der Waals surface area contributed by atoms with Crippen LogP contribution in [0.5, 0.6) is 0 Å². The first-order chi connectivity index (χ1) is 9.88. The van der Waals surface area contributed by atoms with E-state index < -0.39 is 0 Å². The van der Waals surface area contributed by atoms with Crippen LogP contribution in [0.15, 0.2) is 24.3 Å². The van der Waals surface area contributed by atoms with E-state index in [1.807, 2.05) is 0 Å². The minimum atomic E-state index is 0.674. The molecule has 1 heterocycles. The normalized spacial score (nSPS) is 25.1. The van der Waals surface area contributed by atoms with Gasteiger partial charge < -0.3 is 5.73 Å². The van der Waals surface area contributed by atoms with E-state index in [1.54, 1.807) is 11.1 Å². The molecule has 1 unspecified atom stereocenters. The first kappa shape index (κ1) is 14.1. The van der Waals surface area contributed by atoms with E-state index in [4.69, 9.17) is 5.73 Å². The van der Waals surface area contributed by atoms with E-state index in [1.165, 1.54) is 58.0 Å². The molecule has 1 fully saturated rings. The number of hydrogen-bond acceptors (Lipinski definition) is 2. The first-order valence-corrected chi connectivity index (χ1v) is 8.40. The molecule has 0 aromatic heterocycles. The summed E-state index contributed by atoms with van der Waals surface area (Å²) in [4.78, 5) is 2.75. The van der Waals surface area contributed by atoms with E-state index in [9.17, 15) is 0 Å². The van der Waals surface area contributed by atoms with Gasteiger partial charge in [0.2, 0.25) is 0 Å². The average molecular weight is 272 g/mol. The third kappa shape index (κ3) is 3.07. The molecular weight excluding hydrogens is 244 g/mol. The zero-order valence-electron chi connectivity index (χ0n) is 12.6. The Labute approximate surface area is 123 Å². The highest BCUT2D eigenvalue weighted by molar-refractivity contribution is 5.31. The van der Waals surface area contributed by atoms with Crippen molar-refractivity contribution in [1.29, 1.82) is 0 Å². The number of piperidine rings is 1. The highest BCUT2D eigenvalue weighted by atomic mass is 15.2. The maximum atomic E-state index is 5.71. The third-order valence-corrected chi connectivity index (χ3v) is 5.25. The van der Waals surface area contributed by atoms with Crippen molar-refractivity contribution in [3.63, 3.8) is 0 Å². The van der Waals surface area contributed by atoms with Gasteiger partial charge >= 0.3 is 0 Å². The Hall–Kier alpha value is -0.860. The van der Waals surface area contributed by atoms with E-state index in [2.05, 4.69) is 29.2 Å². The van der Waals surface area contributed by atoms with E-state index in [0.29, 0.717) is 6.04 Å². The Balaban J connectivity index is 1.71. The monoisotopic (exact) mass is 272 g/mol. The SMILES string of the molecule is NCCC1CCN(C2CCCCc3ccccc32)CC1. The van der Waals surface area contributed by atoms with Gasteiger partial charge in [-0.25, -0.2) is 0 Å². The molecule has 2 heteroatoms. The maximum absolute atomic E-state index is 5.71. The van der Waals surface area contributed by atoms with Crippen LogP contribution in [0, 0.1) is 5.92 Å². The van der Waals surface area contributed by atoms with Crippen molar-refractivity contribution in [3.8, 4) is 0 Å². The molecule has 0 bridgehead atoms. The highest BCUT2D eigenvalue weighted by Gasteiger charge is 2.27. The van der Waals surface area contributed by atoms with Gasteiger partial charge in [-0.05, 0) is 75.2 Å². The van der Waals surface area contributed by atoms with Gasteiger partial charge in [-0.15, -0.1) is 0 Å². The molecular formula is C18H28N2. The van der Waals surface area contributed by atoms with E-state index in [-0.39, 0.29) is 0 Å². The summed E-state index contributed by atoms with van der Waals surface area (Å²) in [6, 6.07) is 9.81. The molecule has 0 saturated carbocycles. The lowest BCUT2D eigenvalue weighted by Gasteiger charge is -2.38. The van der Waals surface area contributed by atoms with Crippen LogP contribution < -0.4 is 5.73 Å². The zero-order valence-corrected chi connectivity index (χ0v) is 12.6. The van der Waals surface area contributed by atoms with Crippen molar-refractivity contribution in [3.05, 3.63) is 35.4 Å². The number of aryl methyl sites for hydroxylation is 1. The second kappa shape index (κ2) is 6.73. The first-order valence-electron chi connectivity index (χ1n) is 8.40. The van der Waals surface area contributed by atoms with E-state index in [0.717, 1.165) is 12.5 Å². The molecule has 1 aliphatic carbocycles. The number of fused-ring (bicyclic) bond motifs is 1. The summed E-state index contributed by atoms with van der Waals surface area (Å²) in [5, 5.41) is 0. The van der Waals surface area contributed by atoms with Crippen molar-refractivity contribution in [1.82, 2.24) is 4.90 Å². The lowest BCUT2D eigenvalue weighted by molar-refractivity contribution is 0.123. The minimum Gasteiger partial charge on any atom is -0.330 e. The summed E-state index contributed by atoms with van der Waals surface area (Å²) in [5.41, 5.74) is 8.92. The Kier molecular flexibility index (Phi) is 4.74. The summed E-state index contributed by atoms with van der Waals surface area (Å²) in [6.45, 7) is 3.39. The Morgan fingerprint density at radius 3 is 2.65 bits per heavy atom. The van der Waals surface area contributed by atoms with Crippen LogP contribution in [0.1, 0.15) is 55.7 Å². The lowest BCUT2D eigenvalue weighted by Crippen LogP contribution is -2.37. The third-order valence-electron chi connectivity index (χ3n) is 5.25. The second-order valence-electron chi connectivity index (χ2n) is 6.52. The minimum absolute atomic E-state index is 0.674. The van der Waals surface area contributed by atoms with Crippen LogP contribution in [0.4, 0.5) is 0 Å². The van der Waals surface area contributed by atoms with Crippen LogP contribution in [0.25, 0.3) is 0 Å². The Morgan fingerprint density at radius 1 is 1.05 bits per heavy atom. The van der Waals surface area contributed by atoms with Gasteiger partial charge in [0.1, 0.15) is 0 Å². The smallest absolute Gasteiger partial charge is 0.0350 e. The summed E-state index contributed by atoms with van der Waals surface area (Å²) in [7, 11) is 0. The molecule has 2 nitrogen and oxygen atoms in total. The molecule has 110 valence electrons. The number of hydrogen-bond donors (Lipinski definition) is 1. The molecule has 1 aromatic rings. The molecule has 1 atom stereocenters. The molecule has 1 aromatic carbocycles. The van der Waals surface area contributed by atoms with Crippen LogP contribution in [-0.2, 0) is 6.42 Å². The Morgan fingerprint density at radius 2 is 1.85 bits per heavy atom. The molecule has 1 aliphatic heterocycles. The van der Waals surface area contributed by atoms with Crippen LogP contribution >= 0.6 is 0 Å².